The summed E-state index contributed by atoms with van der Waals surface area (Å²) in [5, 5.41) is 0. The highest BCUT2D eigenvalue weighted by Gasteiger charge is 2.00. The zero-order valence-electron chi connectivity index (χ0n) is 7.01. The van der Waals surface area contributed by atoms with Gasteiger partial charge >= 0.3 is 0 Å². The molecule has 2 radical (unpaired) electrons. The topological polar surface area (TPSA) is 25.8 Å². The monoisotopic (exact) mass is 182 g/mol. The van der Waals surface area contributed by atoms with E-state index in [2.05, 4.69) is 26.3 Å². The van der Waals surface area contributed by atoms with Gasteiger partial charge in [-0.25, -0.2) is 9.97 Å². The Morgan fingerprint density at radius 3 is 2.31 bits per heavy atom. The minimum absolute atomic E-state index is 0.771. The first kappa shape index (κ1) is 8.43. The van der Waals surface area contributed by atoms with Gasteiger partial charge in [0.1, 0.15) is 0 Å². The van der Waals surface area contributed by atoms with Crippen molar-refractivity contribution in [3.63, 3.8) is 0 Å². The van der Waals surface area contributed by atoms with Crippen LogP contribution in [0.15, 0.2) is 42.7 Å². The van der Waals surface area contributed by atoms with Gasteiger partial charge in [-0.1, -0.05) is 24.3 Å². The summed E-state index contributed by atoms with van der Waals surface area (Å²) in [4.78, 5) is 8.37. The molecular formula is C10H7AlN2. The molecule has 0 amide bonds. The van der Waals surface area contributed by atoms with Gasteiger partial charge in [-0.15, -0.1) is 4.43 Å². The van der Waals surface area contributed by atoms with Crippen LogP contribution in [0.25, 0.3) is 11.4 Å². The average Bonchev–Trinajstić information content (AvgIpc) is 2.20. The molecule has 0 aliphatic rings. The molecule has 60 valence electrons. The maximum atomic E-state index is 4.19. The predicted octanol–water partition coefficient (Wildman–Crippen LogP) is 0.937. The van der Waals surface area contributed by atoms with Crippen molar-refractivity contribution in [2.75, 3.05) is 0 Å². The maximum Gasteiger partial charge on any atom is 0.176 e. The molecule has 0 aliphatic carbocycles. The van der Waals surface area contributed by atoms with Gasteiger partial charge < -0.3 is 0 Å². The van der Waals surface area contributed by atoms with E-state index in [0.717, 1.165) is 15.8 Å². The lowest BCUT2D eigenvalue weighted by Gasteiger charge is -2.03. The molecule has 0 N–H and O–H groups in total. The fourth-order valence-electron chi connectivity index (χ4n) is 1.14. The summed E-state index contributed by atoms with van der Waals surface area (Å²) in [7, 11) is 0. The second-order valence-corrected chi connectivity index (χ2v) is 3.28. The second kappa shape index (κ2) is 3.70. The third-order valence-corrected chi connectivity index (χ3v) is 2.27. The molecule has 3 heteroatoms. The summed E-state index contributed by atoms with van der Waals surface area (Å²) >= 11 is 2.68. The van der Waals surface area contributed by atoms with E-state index in [9.17, 15) is 0 Å². The normalized spacial score (nSPS) is 9.85. The van der Waals surface area contributed by atoms with E-state index in [-0.39, 0.29) is 0 Å². The molecule has 2 rings (SSSR count). The number of hydrogen-bond acceptors (Lipinski definition) is 2. The third kappa shape index (κ3) is 1.77. The van der Waals surface area contributed by atoms with Crippen molar-refractivity contribution < 1.29 is 0 Å². The first-order valence-electron chi connectivity index (χ1n) is 4.00. The predicted molar refractivity (Wildman–Crippen MR) is 52.9 cm³/mol. The maximum absolute atomic E-state index is 4.19. The highest BCUT2D eigenvalue weighted by molar-refractivity contribution is 6.35. The van der Waals surface area contributed by atoms with Crippen molar-refractivity contribution in [3.8, 4) is 11.4 Å². The highest BCUT2D eigenvalue weighted by Crippen LogP contribution is 2.08. The lowest BCUT2D eigenvalue weighted by atomic mass is 10.2. The van der Waals surface area contributed by atoms with Gasteiger partial charge in [0.15, 0.2) is 22.1 Å². The van der Waals surface area contributed by atoms with E-state index < -0.39 is 0 Å². The van der Waals surface area contributed by atoms with E-state index >= 15 is 0 Å². The molecule has 2 aromatic rings. The van der Waals surface area contributed by atoms with Crippen molar-refractivity contribution in [1.82, 2.24) is 9.97 Å². The molecule has 0 atom stereocenters. The van der Waals surface area contributed by atoms with Crippen LogP contribution >= 0.6 is 0 Å². The quantitative estimate of drug-likeness (QED) is 0.613. The number of nitrogens with zero attached hydrogens (tertiary/aromatic N) is 2. The summed E-state index contributed by atoms with van der Waals surface area (Å²) in [5.41, 5.74) is 1.06. The molecule has 0 unspecified atom stereocenters. The molecule has 0 spiro atoms. The molecule has 1 aromatic carbocycles. The molecule has 13 heavy (non-hydrogen) atoms. The molecule has 0 fully saturated rings. The van der Waals surface area contributed by atoms with Gasteiger partial charge in [0.25, 0.3) is 0 Å². The van der Waals surface area contributed by atoms with Crippen LogP contribution in [0.4, 0.5) is 0 Å². The largest absolute Gasteiger partial charge is 0.237 e. The Hall–Kier alpha value is -1.17. The van der Waals surface area contributed by atoms with E-state index in [1.165, 1.54) is 0 Å². The standard InChI is InChI=1S/C10H7N2.Al/c1-2-5-9(6-3-1)10-11-7-4-8-12-10;/h1-5,7-8H;. The number of rotatable bonds is 1. The number of benzene rings is 1. The van der Waals surface area contributed by atoms with Crippen LogP contribution in [0.3, 0.4) is 0 Å². The van der Waals surface area contributed by atoms with Crippen LogP contribution in [0.5, 0.6) is 0 Å². The lowest BCUT2D eigenvalue weighted by molar-refractivity contribution is 1.18. The van der Waals surface area contributed by atoms with Crippen molar-refractivity contribution in [2.45, 2.75) is 0 Å². The molecule has 1 heterocycles. The minimum Gasteiger partial charge on any atom is -0.237 e. The summed E-state index contributed by atoms with van der Waals surface area (Å²) < 4.78 is 1.12. The summed E-state index contributed by atoms with van der Waals surface area (Å²) in [5.74, 6) is 0.771. The Bertz CT molecular complexity index is 401. The van der Waals surface area contributed by atoms with E-state index in [1.54, 1.807) is 12.4 Å². The zero-order valence-corrected chi connectivity index (χ0v) is 8.17. The molecule has 2 nitrogen and oxygen atoms in total. The smallest absolute Gasteiger partial charge is 0.176 e. The zero-order chi connectivity index (χ0) is 9.10. The van der Waals surface area contributed by atoms with Crippen molar-refractivity contribution in [3.05, 3.63) is 42.7 Å². The van der Waals surface area contributed by atoms with Crippen LogP contribution in [0, 0.1) is 0 Å². The lowest BCUT2D eigenvalue weighted by Crippen LogP contribution is -2.07. The third-order valence-electron chi connectivity index (χ3n) is 1.77. The fourth-order valence-corrected chi connectivity index (χ4v) is 1.48. The Kier molecular flexibility index (Phi) is 2.40. The fraction of sp³-hybridized carbons (Fsp3) is 0. The molecule has 0 saturated heterocycles. The summed E-state index contributed by atoms with van der Waals surface area (Å²) in [6.07, 6.45) is 3.50. The number of aromatic nitrogens is 2. The summed E-state index contributed by atoms with van der Waals surface area (Å²) in [6, 6.07) is 9.83. The average molecular weight is 182 g/mol. The Morgan fingerprint density at radius 2 is 1.62 bits per heavy atom. The van der Waals surface area contributed by atoms with Crippen LogP contribution in [-0.4, -0.2) is 26.3 Å². The molecule has 0 bridgehead atoms. The van der Waals surface area contributed by atoms with Crippen LogP contribution in [0.2, 0.25) is 0 Å². The van der Waals surface area contributed by atoms with E-state index in [4.69, 9.17) is 0 Å². The van der Waals surface area contributed by atoms with E-state index in [1.807, 2.05) is 30.3 Å². The molecular weight excluding hydrogens is 175 g/mol. The van der Waals surface area contributed by atoms with Crippen LogP contribution in [-0.2, 0) is 0 Å². The van der Waals surface area contributed by atoms with Crippen molar-refractivity contribution in [1.29, 1.82) is 0 Å². The van der Waals surface area contributed by atoms with E-state index in [0.29, 0.717) is 0 Å². The van der Waals surface area contributed by atoms with Gasteiger partial charge in [-0.3, -0.25) is 0 Å². The molecule has 0 aliphatic heterocycles. The Balaban J connectivity index is 2.54. The summed E-state index contributed by atoms with van der Waals surface area (Å²) in [6.45, 7) is 0. The number of hydrogen-bond donors (Lipinski definition) is 0. The van der Waals surface area contributed by atoms with Gasteiger partial charge in [-0.05, 0) is 6.07 Å². The van der Waals surface area contributed by atoms with Gasteiger partial charge in [0.05, 0.1) is 0 Å². The Labute approximate surface area is 85.1 Å². The van der Waals surface area contributed by atoms with Crippen LogP contribution < -0.4 is 4.43 Å². The SMILES string of the molecule is [Al][c]1ccccc1-c1ncccn1. The first-order valence-corrected chi connectivity index (χ1v) is 4.57. The second-order valence-electron chi connectivity index (χ2n) is 2.66. The minimum atomic E-state index is 0.771. The van der Waals surface area contributed by atoms with Crippen molar-refractivity contribution in [2.24, 2.45) is 0 Å². The van der Waals surface area contributed by atoms with Gasteiger partial charge in [0, 0.05) is 18.0 Å². The Morgan fingerprint density at radius 1 is 0.923 bits per heavy atom. The van der Waals surface area contributed by atoms with Gasteiger partial charge in [0.2, 0.25) is 0 Å². The van der Waals surface area contributed by atoms with Crippen LogP contribution in [0.1, 0.15) is 0 Å². The highest BCUT2D eigenvalue weighted by atomic mass is 27.0. The van der Waals surface area contributed by atoms with Crippen molar-refractivity contribution >= 4 is 20.7 Å². The molecule has 1 aromatic heterocycles. The molecule has 0 saturated carbocycles. The van der Waals surface area contributed by atoms with Gasteiger partial charge in [-0.2, -0.15) is 0 Å². The first-order chi connectivity index (χ1) is 6.38.